The summed E-state index contributed by atoms with van der Waals surface area (Å²) in [5.74, 6) is 5.14. The average Bonchev–Trinajstić information content (AvgIpc) is 2.59. The first kappa shape index (κ1) is 15.5. The molecule has 6 nitrogen and oxygen atoms in total. The summed E-state index contributed by atoms with van der Waals surface area (Å²) >= 11 is 0. The van der Waals surface area contributed by atoms with Crippen LogP contribution in [0.1, 0.15) is 20.7 Å². The number of rotatable bonds is 4. The largest absolute Gasteiger partial charge is 0.465 e. The van der Waals surface area contributed by atoms with Crippen LogP contribution in [-0.2, 0) is 9.47 Å². The van der Waals surface area contributed by atoms with Crippen LogP contribution in [0, 0.1) is 0 Å². The summed E-state index contributed by atoms with van der Waals surface area (Å²) in [6.45, 7) is 0. The van der Waals surface area contributed by atoms with E-state index in [1.807, 2.05) is 0 Å². The van der Waals surface area contributed by atoms with Crippen LogP contribution in [0.25, 0.3) is 0 Å². The van der Waals surface area contributed by atoms with Gasteiger partial charge >= 0.3 is 11.9 Å². The number of nitrogens with two attached hydrogens (primary N) is 1. The van der Waals surface area contributed by atoms with Crippen molar-refractivity contribution in [3.63, 3.8) is 0 Å². The molecule has 0 aliphatic carbocycles. The Morgan fingerprint density at radius 1 is 0.955 bits per heavy atom. The third-order valence-electron chi connectivity index (χ3n) is 3.11. The zero-order valence-electron chi connectivity index (χ0n) is 12.3. The molecule has 114 valence electrons. The summed E-state index contributed by atoms with van der Waals surface area (Å²) in [5.41, 5.74) is 1.71. The maximum Gasteiger partial charge on any atom is 0.340 e. The third kappa shape index (κ3) is 3.07. The van der Waals surface area contributed by atoms with Crippen LogP contribution in [0.15, 0.2) is 48.5 Å². The second-order valence-electron chi connectivity index (χ2n) is 4.42. The second-order valence-corrected chi connectivity index (χ2v) is 4.42. The number of methoxy groups -OCH3 is 2. The highest BCUT2D eigenvalue weighted by Gasteiger charge is 2.17. The second kappa shape index (κ2) is 6.73. The van der Waals surface area contributed by atoms with Crippen LogP contribution in [0.5, 0.6) is 0 Å². The zero-order valence-corrected chi connectivity index (χ0v) is 12.3. The third-order valence-corrected chi connectivity index (χ3v) is 3.11. The van der Waals surface area contributed by atoms with Gasteiger partial charge in [-0.1, -0.05) is 18.2 Å². The molecule has 2 aromatic rings. The number of carbonyl (C=O) groups is 2. The fourth-order valence-electron chi connectivity index (χ4n) is 2.01. The van der Waals surface area contributed by atoms with Crippen molar-refractivity contribution in [1.29, 1.82) is 0 Å². The van der Waals surface area contributed by atoms with Gasteiger partial charge in [-0.25, -0.2) is 15.4 Å². The molecule has 6 heteroatoms. The van der Waals surface area contributed by atoms with Crippen molar-refractivity contribution in [3.05, 3.63) is 59.7 Å². The Hall–Kier alpha value is -2.86. The number of anilines is 2. The highest BCUT2D eigenvalue weighted by Crippen LogP contribution is 2.26. The molecule has 0 bridgehead atoms. The minimum atomic E-state index is -0.491. The van der Waals surface area contributed by atoms with Crippen LogP contribution in [0.4, 0.5) is 11.4 Å². The lowest BCUT2D eigenvalue weighted by Gasteiger charge is -2.21. The molecule has 0 heterocycles. The van der Waals surface area contributed by atoms with Gasteiger partial charge in [0.05, 0.1) is 36.7 Å². The SMILES string of the molecule is COC(=O)c1cccc(N(N)c2ccccc2C(=O)OC)c1. The summed E-state index contributed by atoms with van der Waals surface area (Å²) in [6.07, 6.45) is 0. The zero-order chi connectivity index (χ0) is 16.1. The molecule has 0 spiro atoms. The lowest BCUT2D eigenvalue weighted by atomic mass is 10.1. The van der Waals surface area contributed by atoms with Crippen LogP contribution >= 0.6 is 0 Å². The van der Waals surface area contributed by atoms with Gasteiger partial charge in [0.2, 0.25) is 0 Å². The van der Waals surface area contributed by atoms with Crippen molar-refractivity contribution >= 4 is 23.3 Å². The van der Waals surface area contributed by atoms with E-state index < -0.39 is 11.9 Å². The van der Waals surface area contributed by atoms with Crippen LogP contribution < -0.4 is 10.9 Å². The molecule has 0 saturated heterocycles. The normalized spacial score (nSPS) is 9.95. The summed E-state index contributed by atoms with van der Waals surface area (Å²) in [6, 6.07) is 13.4. The van der Waals surface area contributed by atoms with Crippen molar-refractivity contribution in [2.75, 3.05) is 19.2 Å². The molecule has 0 unspecified atom stereocenters. The van der Waals surface area contributed by atoms with E-state index in [9.17, 15) is 9.59 Å². The smallest absolute Gasteiger partial charge is 0.340 e. The van der Waals surface area contributed by atoms with Crippen molar-refractivity contribution in [2.24, 2.45) is 5.84 Å². The molecular formula is C16H16N2O4. The minimum absolute atomic E-state index is 0.330. The van der Waals surface area contributed by atoms with E-state index in [2.05, 4.69) is 4.74 Å². The topological polar surface area (TPSA) is 81.9 Å². The highest BCUT2D eigenvalue weighted by atomic mass is 16.5. The fraction of sp³-hybridized carbons (Fsp3) is 0.125. The first-order valence-corrected chi connectivity index (χ1v) is 6.49. The standard InChI is InChI=1S/C16H16N2O4/c1-21-15(19)11-6-5-7-12(10-11)18(17)14-9-4-3-8-13(14)16(20)22-2/h3-10H,17H2,1-2H3. The van der Waals surface area contributed by atoms with Gasteiger partial charge in [-0.05, 0) is 30.3 Å². The summed E-state index contributed by atoms with van der Waals surface area (Å²) in [4.78, 5) is 23.4. The van der Waals surface area contributed by atoms with Gasteiger partial charge in [-0.15, -0.1) is 0 Å². The number of para-hydroxylation sites is 1. The van der Waals surface area contributed by atoms with Crippen molar-refractivity contribution in [2.45, 2.75) is 0 Å². The molecule has 2 aromatic carbocycles. The van der Waals surface area contributed by atoms with Gasteiger partial charge in [-0.2, -0.15) is 0 Å². The van der Waals surface area contributed by atoms with Gasteiger partial charge in [0.1, 0.15) is 0 Å². The summed E-state index contributed by atoms with van der Waals surface area (Å²) < 4.78 is 9.43. The maximum atomic E-state index is 11.8. The van der Waals surface area contributed by atoms with Crippen molar-refractivity contribution in [3.8, 4) is 0 Å². The predicted molar refractivity (Wildman–Crippen MR) is 81.9 cm³/mol. The number of hydrogen-bond donors (Lipinski definition) is 1. The Bertz CT molecular complexity index is 700. The Labute approximate surface area is 128 Å². The lowest BCUT2D eigenvalue weighted by molar-refractivity contribution is 0.0592. The van der Waals surface area contributed by atoms with Crippen molar-refractivity contribution in [1.82, 2.24) is 0 Å². The number of carbonyl (C=O) groups excluding carboxylic acids is 2. The van der Waals surface area contributed by atoms with Crippen LogP contribution in [-0.4, -0.2) is 26.2 Å². The van der Waals surface area contributed by atoms with E-state index in [1.165, 1.54) is 19.2 Å². The first-order chi connectivity index (χ1) is 10.6. The average molecular weight is 300 g/mol. The number of nitrogens with zero attached hydrogens (tertiary/aromatic N) is 1. The van der Waals surface area contributed by atoms with Gasteiger partial charge < -0.3 is 9.47 Å². The number of hydrazine groups is 1. The molecule has 0 aliphatic heterocycles. The monoisotopic (exact) mass is 300 g/mol. The van der Waals surface area contributed by atoms with Gasteiger partial charge in [0.25, 0.3) is 0 Å². The molecule has 22 heavy (non-hydrogen) atoms. The molecule has 0 fully saturated rings. The molecule has 0 amide bonds. The fourth-order valence-corrected chi connectivity index (χ4v) is 2.01. The molecule has 2 N–H and O–H groups in total. The van der Waals surface area contributed by atoms with Crippen LogP contribution in [0.2, 0.25) is 0 Å². The quantitative estimate of drug-likeness (QED) is 0.530. The van der Waals surface area contributed by atoms with Crippen LogP contribution in [0.3, 0.4) is 0 Å². The van der Waals surface area contributed by atoms with Gasteiger partial charge in [0.15, 0.2) is 0 Å². The minimum Gasteiger partial charge on any atom is -0.465 e. The van der Waals surface area contributed by atoms with E-state index in [0.717, 1.165) is 0 Å². The van der Waals surface area contributed by atoms with E-state index in [4.69, 9.17) is 10.6 Å². The molecular weight excluding hydrogens is 284 g/mol. The molecule has 0 radical (unpaired) electrons. The van der Waals surface area contributed by atoms with Crippen molar-refractivity contribution < 1.29 is 19.1 Å². The summed E-state index contributed by atoms with van der Waals surface area (Å²) in [5, 5.41) is 1.32. The summed E-state index contributed by atoms with van der Waals surface area (Å²) in [7, 11) is 2.61. The molecule has 0 aromatic heterocycles. The molecule has 0 atom stereocenters. The molecule has 2 rings (SSSR count). The van der Waals surface area contributed by atoms with Gasteiger partial charge in [-0.3, -0.25) is 5.01 Å². The van der Waals surface area contributed by atoms with E-state index in [0.29, 0.717) is 22.5 Å². The van der Waals surface area contributed by atoms with E-state index in [-0.39, 0.29) is 0 Å². The highest BCUT2D eigenvalue weighted by molar-refractivity contribution is 5.97. The Balaban J connectivity index is 2.42. The molecule has 0 saturated carbocycles. The van der Waals surface area contributed by atoms with Gasteiger partial charge in [0, 0.05) is 0 Å². The Morgan fingerprint density at radius 2 is 1.64 bits per heavy atom. The Kier molecular flexibility index (Phi) is 4.75. The first-order valence-electron chi connectivity index (χ1n) is 6.49. The number of ether oxygens (including phenoxy) is 2. The molecule has 0 aliphatic rings. The number of benzene rings is 2. The van der Waals surface area contributed by atoms with E-state index >= 15 is 0 Å². The Morgan fingerprint density at radius 3 is 2.32 bits per heavy atom. The number of hydrogen-bond acceptors (Lipinski definition) is 6. The maximum absolute atomic E-state index is 11.8. The van der Waals surface area contributed by atoms with E-state index in [1.54, 1.807) is 48.5 Å². The lowest BCUT2D eigenvalue weighted by Crippen LogP contribution is -2.27. The number of esters is 2. The predicted octanol–water partition coefficient (Wildman–Crippen LogP) is 2.27.